The van der Waals surface area contributed by atoms with Gasteiger partial charge < -0.3 is 28.9 Å². The fourth-order valence-electron chi connectivity index (χ4n) is 6.64. The molecule has 2 aromatic heterocycles. The molecule has 5 heterocycles. The highest BCUT2D eigenvalue weighted by atomic mass is 16.6. The summed E-state index contributed by atoms with van der Waals surface area (Å²) in [4.78, 5) is 28.9. The summed E-state index contributed by atoms with van der Waals surface area (Å²) in [5.74, 6) is 1.56. The first kappa shape index (κ1) is 29.8. The Balaban J connectivity index is 1.16. The maximum absolute atomic E-state index is 13.2. The number of hydrogen-bond acceptors (Lipinski definition) is 10. The molecule has 0 bridgehead atoms. The van der Waals surface area contributed by atoms with Crippen molar-refractivity contribution in [3.63, 3.8) is 0 Å². The van der Waals surface area contributed by atoms with E-state index >= 15 is 0 Å². The van der Waals surface area contributed by atoms with E-state index in [1.165, 1.54) is 5.56 Å². The number of benzene rings is 2. The van der Waals surface area contributed by atoms with E-state index in [2.05, 4.69) is 41.1 Å². The summed E-state index contributed by atoms with van der Waals surface area (Å²) in [6, 6.07) is 18.3. The van der Waals surface area contributed by atoms with Crippen molar-refractivity contribution in [2.24, 2.45) is 0 Å². The summed E-state index contributed by atoms with van der Waals surface area (Å²) < 4.78 is 19.7. The van der Waals surface area contributed by atoms with Gasteiger partial charge in [0.25, 0.3) is 0 Å². The SMILES string of the molecule is CN1CCC[C@H]1COc1nc(N2CCN(C(=O)OCc3ccccc3)[C@@H](CC#N)C2)c2ncc(Cc3cccc4c3OCC4)n2n1. The molecule has 2 atom stereocenters. The largest absolute Gasteiger partial charge is 0.493 e. The van der Waals surface area contributed by atoms with Crippen LogP contribution in [0.15, 0.2) is 54.7 Å². The molecule has 3 aliphatic rings. The average molecular weight is 623 g/mol. The third-order valence-corrected chi connectivity index (χ3v) is 9.19. The summed E-state index contributed by atoms with van der Waals surface area (Å²) in [6.45, 7) is 3.66. The quantitative estimate of drug-likeness (QED) is 0.272. The highest BCUT2D eigenvalue weighted by Crippen LogP contribution is 2.32. The summed E-state index contributed by atoms with van der Waals surface area (Å²) in [5.41, 5.74) is 4.71. The molecule has 2 fully saturated rings. The number of likely N-dealkylation sites (tertiary alicyclic amines) is 1. The zero-order valence-electron chi connectivity index (χ0n) is 26.0. The van der Waals surface area contributed by atoms with Crippen LogP contribution < -0.4 is 14.4 Å². The summed E-state index contributed by atoms with van der Waals surface area (Å²) in [5, 5.41) is 14.5. The normalized spacial score (nSPS) is 19.6. The minimum Gasteiger partial charge on any atom is -0.493 e. The molecular weight excluding hydrogens is 584 g/mol. The highest BCUT2D eigenvalue weighted by Gasteiger charge is 2.34. The van der Waals surface area contributed by atoms with Gasteiger partial charge in [-0.15, -0.1) is 5.10 Å². The van der Waals surface area contributed by atoms with E-state index in [0.717, 1.165) is 48.4 Å². The molecule has 0 N–H and O–H groups in total. The lowest BCUT2D eigenvalue weighted by molar-refractivity contribution is 0.0768. The molecular formula is C34H38N8O4. The number of carbonyl (C=O) groups is 1. The van der Waals surface area contributed by atoms with Crippen molar-refractivity contribution < 1.29 is 19.0 Å². The van der Waals surface area contributed by atoms with E-state index in [9.17, 15) is 10.1 Å². The summed E-state index contributed by atoms with van der Waals surface area (Å²) in [7, 11) is 2.12. The van der Waals surface area contributed by atoms with Crippen LogP contribution in [0.2, 0.25) is 0 Å². The molecule has 3 aliphatic heterocycles. The first-order valence-corrected chi connectivity index (χ1v) is 16.0. The van der Waals surface area contributed by atoms with Crippen LogP contribution in [0.3, 0.4) is 0 Å². The van der Waals surface area contributed by atoms with E-state index < -0.39 is 6.09 Å². The fraction of sp³-hybridized carbons (Fsp3) is 0.441. The number of likely N-dealkylation sites (N-methyl/N-ethyl adjacent to an activating group) is 1. The second-order valence-corrected chi connectivity index (χ2v) is 12.2. The standard InChI is InChI=1S/C34H38N8O4/c1-39-15-6-11-28(39)23-45-33-37-32(31-36-20-29(42(31)38-33)19-26-10-5-9-25-13-18-44-30(25)26)40-16-17-41(27(21-40)12-14-35)34(43)46-22-24-7-3-2-4-8-24/h2-5,7-10,20,27-28H,6,11-13,15-19,21-23H2,1H3/t27-,28-/m0/s1. The predicted octanol–water partition coefficient (Wildman–Crippen LogP) is 3.86. The van der Waals surface area contributed by atoms with Gasteiger partial charge in [-0.05, 0) is 37.6 Å². The first-order valence-electron chi connectivity index (χ1n) is 16.0. The molecule has 1 amide bonds. The van der Waals surface area contributed by atoms with Gasteiger partial charge >= 0.3 is 12.1 Å². The molecule has 0 radical (unpaired) electrons. The third-order valence-electron chi connectivity index (χ3n) is 9.19. The number of aromatic nitrogens is 4. The van der Waals surface area contributed by atoms with E-state index in [-0.39, 0.29) is 25.1 Å². The average Bonchev–Trinajstić information content (AvgIpc) is 3.83. The monoisotopic (exact) mass is 622 g/mol. The number of ether oxygens (including phenoxy) is 3. The second kappa shape index (κ2) is 13.2. The molecule has 0 saturated carbocycles. The Bertz CT molecular complexity index is 1740. The molecule has 238 valence electrons. The van der Waals surface area contributed by atoms with E-state index in [1.54, 1.807) is 4.90 Å². The van der Waals surface area contributed by atoms with Gasteiger partial charge in [-0.25, -0.2) is 14.3 Å². The van der Waals surface area contributed by atoms with Crippen molar-refractivity contribution in [1.29, 1.82) is 5.26 Å². The van der Waals surface area contributed by atoms with Gasteiger partial charge in [0.2, 0.25) is 0 Å². The van der Waals surface area contributed by atoms with Crippen molar-refractivity contribution in [1.82, 2.24) is 29.4 Å². The number of fused-ring (bicyclic) bond motifs is 2. The minimum absolute atomic E-state index is 0.161. The van der Waals surface area contributed by atoms with Crippen molar-refractivity contribution in [3.05, 3.63) is 77.1 Å². The topological polar surface area (TPSA) is 121 Å². The van der Waals surface area contributed by atoms with E-state index in [4.69, 9.17) is 29.3 Å². The first-order chi connectivity index (χ1) is 22.6. The van der Waals surface area contributed by atoms with Gasteiger partial charge in [0.05, 0.1) is 37.0 Å². The molecule has 12 nitrogen and oxygen atoms in total. The second-order valence-electron chi connectivity index (χ2n) is 12.2. The molecule has 12 heteroatoms. The number of nitrogens with zero attached hydrogens (tertiary/aromatic N) is 8. The van der Waals surface area contributed by atoms with Gasteiger partial charge in [0, 0.05) is 44.1 Å². The van der Waals surface area contributed by atoms with Gasteiger partial charge in [-0.1, -0.05) is 48.5 Å². The maximum Gasteiger partial charge on any atom is 0.410 e. The number of para-hydroxylation sites is 1. The molecule has 0 aliphatic carbocycles. The van der Waals surface area contributed by atoms with Gasteiger partial charge in [-0.3, -0.25) is 0 Å². The lowest BCUT2D eigenvalue weighted by atomic mass is 10.0. The number of carbonyl (C=O) groups excluding carboxylic acids is 1. The van der Waals surface area contributed by atoms with Crippen LogP contribution in [0.1, 0.15) is 41.6 Å². The van der Waals surface area contributed by atoms with Crippen LogP contribution in [0.4, 0.5) is 10.6 Å². The van der Waals surface area contributed by atoms with Crippen LogP contribution >= 0.6 is 0 Å². The van der Waals surface area contributed by atoms with Crippen LogP contribution in [0.25, 0.3) is 5.65 Å². The number of imidazole rings is 1. The highest BCUT2D eigenvalue weighted by molar-refractivity contribution is 5.70. The molecule has 4 aromatic rings. The summed E-state index contributed by atoms with van der Waals surface area (Å²) in [6.07, 6.45) is 5.27. The van der Waals surface area contributed by atoms with Gasteiger partial charge in [-0.2, -0.15) is 10.2 Å². The van der Waals surface area contributed by atoms with Crippen LogP contribution in [-0.2, 0) is 24.2 Å². The zero-order valence-corrected chi connectivity index (χ0v) is 26.0. The summed E-state index contributed by atoms with van der Waals surface area (Å²) >= 11 is 0. The molecule has 0 spiro atoms. The number of piperazine rings is 1. The fourth-order valence-corrected chi connectivity index (χ4v) is 6.64. The van der Waals surface area contributed by atoms with Crippen molar-refractivity contribution in [3.8, 4) is 17.8 Å². The zero-order chi connectivity index (χ0) is 31.5. The molecule has 7 rings (SSSR count). The smallest absolute Gasteiger partial charge is 0.410 e. The number of anilines is 1. The van der Waals surface area contributed by atoms with Crippen LogP contribution in [0, 0.1) is 11.3 Å². The Kier molecular flexibility index (Phi) is 8.57. The molecule has 46 heavy (non-hydrogen) atoms. The maximum atomic E-state index is 13.2. The van der Waals surface area contributed by atoms with Gasteiger partial charge in [0.15, 0.2) is 11.5 Å². The molecule has 2 saturated heterocycles. The Labute approximate surface area is 268 Å². The molecule has 0 unspecified atom stereocenters. The lowest BCUT2D eigenvalue weighted by Crippen LogP contribution is -2.55. The molecule has 2 aromatic carbocycles. The van der Waals surface area contributed by atoms with E-state index in [0.29, 0.717) is 56.8 Å². The van der Waals surface area contributed by atoms with E-state index in [1.807, 2.05) is 41.0 Å². The number of nitriles is 1. The van der Waals surface area contributed by atoms with Crippen LogP contribution in [0.5, 0.6) is 11.8 Å². The predicted molar refractivity (Wildman–Crippen MR) is 170 cm³/mol. The Hall–Kier alpha value is -4.89. The van der Waals surface area contributed by atoms with Crippen molar-refractivity contribution >= 4 is 17.6 Å². The number of rotatable bonds is 9. The Morgan fingerprint density at radius 3 is 2.83 bits per heavy atom. The number of hydrogen-bond donors (Lipinski definition) is 0. The van der Waals surface area contributed by atoms with Gasteiger partial charge in [0.1, 0.15) is 19.0 Å². The lowest BCUT2D eigenvalue weighted by Gasteiger charge is -2.40. The van der Waals surface area contributed by atoms with Crippen LogP contribution in [-0.4, -0.2) is 94.0 Å². The van der Waals surface area contributed by atoms with Crippen molar-refractivity contribution in [2.45, 2.75) is 50.8 Å². The number of amides is 1. The minimum atomic E-state index is -0.429. The Morgan fingerprint density at radius 2 is 2.00 bits per heavy atom. The third kappa shape index (κ3) is 6.15. The van der Waals surface area contributed by atoms with Crippen molar-refractivity contribution in [2.75, 3.05) is 51.3 Å². The Morgan fingerprint density at radius 1 is 1.11 bits per heavy atom.